The van der Waals surface area contributed by atoms with Gasteiger partial charge in [-0.1, -0.05) is 0 Å². The van der Waals surface area contributed by atoms with E-state index in [-0.39, 0.29) is 0 Å². The molecule has 0 bridgehead atoms. The first-order valence-electron chi connectivity index (χ1n) is 2.37. The molecule has 1 atom stereocenters. The molecule has 0 fully saturated rings. The average Bonchev–Trinajstić information content (AvgIpc) is 1.65. The SMILES string of the molecule is C[Se]C(C)N(C)C. The molecule has 0 aliphatic rings. The summed E-state index contributed by atoms with van der Waals surface area (Å²) in [5.74, 6) is 2.26. The Morgan fingerprint density at radius 3 is 1.86 bits per heavy atom. The fraction of sp³-hybridized carbons (Fsp3) is 1.00. The van der Waals surface area contributed by atoms with Gasteiger partial charge in [-0.3, -0.25) is 0 Å². The Balaban J connectivity index is 3.14. The third-order valence-electron chi connectivity index (χ3n) is 1.07. The molecule has 0 aliphatic carbocycles. The Morgan fingerprint density at radius 2 is 1.86 bits per heavy atom. The van der Waals surface area contributed by atoms with Crippen molar-refractivity contribution < 1.29 is 0 Å². The summed E-state index contributed by atoms with van der Waals surface area (Å²) >= 11 is 0.781. The van der Waals surface area contributed by atoms with Crippen molar-refractivity contribution in [3.8, 4) is 0 Å². The zero-order chi connectivity index (χ0) is 5.86. The molecule has 0 aromatic heterocycles. The molecule has 0 radical (unpaired) electrons. The van der Waals surface area contributed by atoms with Gasteiger partial charge in [-0.25, -0.2) is 0 Å². The molecule has 0 aliphatic heterocycles. The van der Waals surface area contributed by atoms with E-state index in [9.17, 15) is 0 Å². The summed E-state index contributed by atoms with van der Waals surface area (Å²) in [6, 6.07) is 0. The minimum absolute atomic E-state index is 0.781. The van der Waals surface area contributed by atoms with Gasteiger partial charge in [0.25, 0.3) is 0 Å². The molecule has 1 unspecified atom stereocenters. The Bertz CT molecular complexity index is 45.3. The zero-order valence-electron chi connectivity index (χ0n) is 5.43. The fourth-order valence-electron chi connectivity index (χ4n) is 0.211. The molecule has 0 heterocycles. The van der Waals surface area contributed by atoms with Crippen molar-refractivity contribution in [2.45, 2.75) is 17.7 Å². The van der Waals surface area contributed by atoms with E-state index in [1.165, 1.54) is 0 Å². The number of hydrogen-bond acceptors (Lipinski definition) is 1. The maximum atomic E-state index is 2.26. The Labute approximate surface area is 52.2 Å². The molecule has 0 aromatic carbocycles. The Kier molecular flexibility index (Phi) is 3.72. The summed E-state index contributed by atoms with van der Waals surface area (Å²) in [6.07, 6.45) is 0. The molecule has 0 rings (SSSR count). The van der Waals surface area contributed by atoms with Crippen LogP contribution in [0, 0.1) is 0 Å². The number of hydrogen-bond donors (Lipinski definition) is 0. The second-order valence-electron chi connectivity index (χ2n) is 1.80. The van der Waals surface area contributed by atoms with Crippen molar-refractivity contribution in [3.05, 3.63) is 0 Å². The number of rotatable bonds is 2. The van der Waals surface area contributed by atoms with Gasteiger partial charge in [-0.05, 0) is 0 Å². The van der Waals surface area contributed by atoms with Crippen LogP contribution >= 0.6 is 0 Å². The van der Waals surface area contributed by atoms with Gasteiger partial charge in [0.05, 0.1) is 0 Å². The van der Waals surface area contributed by atoms with Gasteiger partial charge in [0, 0.05) is 0 Å². The summed E-state index contributed by atoms with van der Waals surface area (Å²) < 4.78 is 0. The van der Waals surface area contributed by atoms with E-state index in [0.717, 1.165) is 19.9 Å². The van der Waals surface area contributed by atoms with Gasteiger partial charge in [-0.2, -0.15) is 0 Å². The monoisotopic (exact) mass is 167 g/mol. The van der Waals surface area contributed by atoms with Crippen molar-refractivity contribution in [3.63, 3.8) is 0 Å². The van der Waals surface area contributed by atoms with Crippen molar-refractivity contribution in [1.82, 2.24) is 4.90 Å². The summed E-state index contributed by atoms with van der Waals surface area (Å²) in [4.78, 5) is 3.05. The number of nitrogens with zero attached hydrogens (tertiary/aromatic N) is 1. The molecule has 0 aromatic rings. The topological polar surface area (TPSA) is 3.24 Å². The van der Waals surface area contributed by atoms with Gasteiger partial charge in [0.1, 0.15) is 0 Å². The normalized spacial score (nSPS) is 15.0. The van der Waals surface area contributed by atoms with Crippen molar-refractivity contribution >= 4 is 15.0 Å². The van der Waals surface area contributed by atoms with Gasteiger partial charge in [-0.15, -0.1) is 0 Å². The van der Waals surface area contributed by atoms with Crippen LogP contribution in [-0.4, -0.2) is 38.9 Å². The first-order chi connectivity index (χ1) is 3.18. The predicted molar refractivity (Wildman–Crippen MR) is 34.8 cm³/mol. The van der Waals surface area contributed by atoms with E-state index in [0.29, 0.717) is 0 Å². The van der Waals surface area contributed by atoms with Crippen LogP contribution in [-0.2, 0) is 0 Å². The molecule has 0 saturated carbocycles. The van der Waals surface area contributed by atoms with E-state index < -0.39 is 0 Å². The van der Waals surface area contributed by atoms with E-state index in [4.69, 9.17) is 0 Å². The van der Waals surface area contributed by atoms with Crippen molar-refractivity contribution in [1.29, 1.82) is 0 Å². The van der Waals surface area contributed by atoms with Gasteiger partial charge >= 0.3 is 51.6 Å². The molecule has 1 nitrogen and oxygen atoms in total. The van der Waals surface area contributed by atoms with Crippen LogP contribution in [0.25, 0.3) is 0 Å². The van der Waals surface area contributed by atoms with Crippen LogP contribution in [0.15, 0.2) is 0 Å². The second kappa shape index (κ2) is 3.48. The van der Waals surface area contributed by atoms with Crippen molar-refractivity contribution in [2.75, 3.05) is 14.1 Å². The first-order valence-corrected chi connectivity index (χ1v) is 5.08. The molecular formula is C5H13NSe. The molecule has 2 heteroatoms. The third kappa shape index (κ3) is 3.10. The zero-order valence-corrected chi connectivity index (χ0v) is 7.15. The van der Waals surface area contributed by atoms with Crippen molar-refractivity contribution in [2.24, 2.45) is 0 Å². The van der Waals surface area contributed by atoms with Crippen LogP contribution in [0.1, 0.15) is 6.92 Å². The molecule has 0 saturated heterocycles. The molecule has 0 spiro atoms. The van der Waals surface area contributed by atoms with E-state index in [1.807, 2.05) is 0 Å². The van der Waals surface area contributed by atoms with Crippen LogP contribution in [0.5, 0.6) is 0 Å². The average molecular weight is 166 g/mol. The Morgan fingerprint density at radius 1 is 1.43 bits per heavy atom. The summed E-state index contributed by atoms with van der Waals surface area (Å²) in [7, 11) is 4.24. The van der Waals surface area contributed by atoms with Crippen LogP contribution in [0.3, 0.4) is 0 Å². The van der Waals surface area contributed by atoms with Gasteiger partial charge in [0.15, 0.2) is 0 Å². The first kappa shape index (κ1) is 7.48. The quantitative estimate of drug-likeness (QED) is 0.544. The molecule has 44 valence electrons. The summed E-state index contributed by atoms with van der Waals surface area (Å²) in [6.45, 7) is 2.25. The maximum absolute atomic E-state index is 2.26. The van der Waals surface area contributed by atoms with Gasteiger partial charge in [0.2, 0.25) is 0 Å². The molecule has 7 heavy (non-hydrogen) atoms. The fourth-order valence-corrected chi connectivity index (χ4v) is 1.10. The van der Waals surface area contributed by atoms with Crippen LogP contribution in [0.2, 0.25) is 5.82 Å². The minimum atomic E-state index is 0.781. The van der Waals surface area contributed by atoms with E-state index in [1.54, 1.807) is 0 Å². The predicted octanol–water partition coefficient (Wildman–Crippen LogP) is 0.646. The van der Waals surface area contributed by atoms with Crippen LogP contribution < -0.4 is 0 Å². The molecule has 0 amide bonds. The second-order valence-corrected chi connectivity index (χ2v) is 4.22. The van der Waals surface area contributed by atoms with Crippen LogP contribution in [0.4, 0.5) is 0 Å². The van der Waals surface area contributed by atoms with E-state index in [2.05, 4.69) is 31.7 Å². The Hall–Kier alpha value is 0.479. The molecular weight excluding hydrogens is 153 g/mol. The standard InChI is InChI=1S/C5H13NSe/c1-5(7-4)6(2)3/h5H,1-4H3. The molecule has 0 N–H and O–H groups in total. The van der Waals surface area contributed by atoms with Gasteiger partial charge < -0.3 is 0 Å². The third-order valence-corrected chi connectivity index (χ3v) is 3.38. The summed E-state index contributed by atoms with van der Waals surface area (Å²) in [5.41, 5.74) is 0. The summed E-state index contributed by atoms with van der Waals surface area (Å²) in [5, 5.41) is 0. The van der Waals surface area contributed by atoms with E-state index >= 15 is 0 Å².